The Morgan fingerprint density at radius 3 is 2.68 bits per heavy atom. The number of carboxylic acid groups (broad SMARTS) is 1. The third-order valence-corrected chi connectivity index (χ3v) is 5.62. The fourth-order valence-corrected chi connectivity index (χ4v) is 3.91. The third-order valence-electron chi connectivity index (χ3n) is 5.62. The van der Waals surface area contributed by atoms with Crippen LogP contribution in [0.2, 0.25) is 0 Å². The number of likely N-dealkylation sites (N-methyl/N-ethyl adjacent to an activating group) is 1. The first kappa shape index (κ1) is 27.2. The molecule has 0 aliphatic rings. The van der Waals surface area contributed by atoms with Crippen molar-refractivity contribution in [2.24, 2.45) is 5.92 Å². The van der Waals surface area contributed by atoms with Crippen LogP contribution in [0.25, 0.3) is 11.0 Å². The van der Waals surface area contributed by atoms with Crippen LogP contribution in [0.1, 0.15) is 38.1 Å². The number of allylic oxidation sites excluding steroid dienone is 1. The predicted octanol–water partition coefficient (Wildman–Crippen LogP) is 2.63. The van der Waals surface area contributed by atoms with Crippen molar-refractivity contribution in [1.82, 2.24) is 25.2 Å². The number of carbonyl (C=O) groups excluding carboxylic acids is 2. The SMILES string of the molecule is CNC(=O)/C=C/CC[C@H](NC(=O)O)C(=O)Nc1cccn(Cc2nc3c(CC(C)C)cccc3[nH]2)c1=O. The highest BCUT2D eigenvalue weighted by Crippen LogP contribution is 2.20. The lowest BCUT2D eigenvalue weighted by atomic mass is 10.0. The second kappa shape index (κ2) is 12.5. The highest BCUT2D eigenvalue weighted by molar-refractivity contribution is 5.96. The molecule has 3 rings (SSSR count). The highest BCUT2D eigenvalue weighted by Gasteiger charge is 2.21. The Hall–Kier alpha value is -4.41. The Labute approximate surface area is 214 Å². The first-order valence-corrected chi connectivity index (χ1v) is 12.0. The van der Waals surface area contributed by atoms with Gasteiger partial charge in [0.2, 0.25) is 11.8 Å². The molecule has 0 saturated carbocycles. The van der Waals surface area contributed by atoms with Crippen molar-refractivity contribution < 1.29 is 19.5 Å². The van der Waals surface area contributed by atoms with E-state index >= 15 is 0 Å². The molecule has 0 radical (unpaired) electrons. The largest absolute Gasteiger partial charge is 0.465 e. The number of para-hydroxylation sites is 1. The second-order valence-electron chi connectivity index (χ2n) is 9.03. The van der Waals surface area contributed by atoms with Gasteiger partial charge in [0.1, 0.15) is 17.6 Å². The molecule has 0 fully saturated rings. The molecular formula is C26H32N6O5. The molecule has 0 aliphatic carbocycles. The number of anilines is 1. The molecule has 0 bridgehead atoms. The van der Waals surface area contributed by atoms with Crippen LogP contribution in [0.4, 0.5) is 10.5 Å². The van der Waals surface area contributed by atoms with Crippen molar-refractivity contribution in [1.29, 1.82) is 0 Å². The van der Waals surface area contributed by atoms with Gasteiger partial charge >= 0.3 is 6.09 Å². The number of carbonyl (C=O) groups is 3. The first-order valence-electron chi connectivity index (χ1n) is 12.0. The normalized spacial score (nSPS) is 12.1. The van der Waals surface area contributed by atoms with Crippen molar-refractivity contribution in [3.63, 3.8) is 0 Å². The number of aromatic nitrogens is 3. The Morgan fingerprint density at radius 1 is 1.19 bits per heavy atom. The van der Waals surface area contributed by atoms with Crippen molar-refractivity contribution in [2.45, 2.75) is 45.7 Å². The smallest absolute Gasteiger partial charge is 0.405 e. The highest BCUT2D eigenvalue weighted by atomic mass is 16.4. The predicted molar refractivity (Wildman–Crippen MR) is 140 cm³/mol. The molecule has 3 aromatic rings. The summed E-state index contributed by atoms with van der Waals surface area (Å²) >= 11 is 0. The van der Waals surface area contributed by atoms with E-state index in [1.54, 1.807) is 12.3 Å². The number of hydrogen-bond acceptors (Lipinski definition) is 5. The summed E-state index contributed by atoms with van der Waals surface area (Å²) in [6.07, 6.45) is 4.32. The summed E-state index contributed by atoms with van der Waals surface area (Å²) in [5.41, 5.74) is 2.45. The maximum Gasteiger partial charge on any atom is 0.405 e. The molecule has 3 amide bonds. The molecule has 0 unspecified atom stereocenters. The van der Waals surface area contributed by atoms with E-state index in [-0.39, 0.29) is 31.0 Å². The minimum atomic E-state index is -1.37. The summed E-state index contributed by atoms with van der Waals surface area (Å²) in [6, 6.07) is 7.92. The van der Waals surface area contributed by atoms with Crippen LogP contribution in [0.15, 0.2) is 53.5 Å². The maximum absolute atomic E-state index is 13.1. The summed E-state index contributed by atoms with van der Waals surface area (Å²) in [7, 11) is 1.49. The van der Waals surface area contributed by atoms with Crippen LogP contribution >= 0.6 is 0 Å². The zero-order chi connectivity index (χ0) is 26.9. The number of imidazole rings is 1. The van der Waals surface area contributed by atoms with Crippen LogP contribution in [0, 0.1) is 5.92 Å². The number of nitrogens with one attached hydrogen (secondary N) is 4. The topological polar surface area (TPSA) is 158 Å². The Kier molecular flexibility index (Phi) is 9.20. The van der Waals surface area contributed by atoms with Gasteiger partial charge in [-0.15, -0.1) is 0 Å². The lowest BCUT2D eigenvalue weighted by Gasteiger charge is -2.16. The van der Waals surface area contributed by atoms with E-state index < -0.39 is 23.6 Å². The maximum atomic E-state index is 13.1. The van der Waals surface area contributed by atoms with Gasteiger partial charge in [0.05, 0.1) is 17.6 Å². The number of pyridine rings is 1. The van der Waals surface area contributed by atoms with Gasteiger partial charge < -0.3 is 30.6 Å². The van der Waals surface area contributed by atoms with E-state index in [4.69, 9.17) is 10.1 Å². The molecule has 0 spiro atoms. The van der Waals surface area contributed by atoms with E-state index in [0.29, 0.717) is 11.7 Å². The van der Waals surface area contributed by atoms with Gasteiger partial charge in [-0.2, -0.15) is 0 Å². The summed E-state index contributed by atoms with van der Waals surface area (Å²) in [6.45, 7) is 4.45. The average molecular weight is 509 g/mol. The van der Waals surface area contributed by atoms with E-state index in [0.717, 1.165) is 23.0 Å². The van der Waals surface area contributed by atoms with Crippen LogP contribution in [-0.2, 0) is 22.6 Å². The number of nitrogens with zero attached hydrogens (tertiary/aromatic N) is 2. The van der Waals surface area contributed by atoms with Crippen LogP contribution in [0.3, 0.4) is 0 Å². The number of benzene rings is 1. The molecule has 5 N–H and O–H groups in total. The summed E-state index contributed by atoms with van der Waals surface area (Å²) < 4.78 is 1.42. The van der Waals surface area contributed by atoms with Gasteiger partial charge in [0.25, 0.3) is 5.56 Å². The van der Waals surface area contributed by atoms with Gasteiger partial charge in [0, 0.05) is 13.2 Å². The monoisotopic (exact) mass is 508 g/mol. The molecule has 0 saturated heterocycles. The van der Waals surface area contributed by atoms with Crippen molar-refractivity contribution in [3.05, 3.63) is 70.4 Å². The lowest BCUT2D eigenvalue weighted by molar-refractivity contribution is -0.118. The molecule has 0 aliphatic heterocycles. The summed E-state index contributed by atoms with van der Waals surface area (Å²) in [4.78, 5) is 56.3. The molecular weight excluding hydrogens is 476 g/mol. The molecule has 2 aromatic heterocycles. The van der Waals surface area contributed by atoms with E-state index in [9.17, 15) is 19.2 Å². The van der Waals surface area contributed by atoms with Crippen molar-refractivity contribution >= 4 is 34.6 Å². The number of fused-ring (bicyclic) bond motifs is 1. The molecule has 11 nitrogen and oxygen atoms in total. The van der Waals surface area contributed by atoms with E-state index in [1.165, 1.54) is 29.8 Å². The molecule has 196 valence electrons. The average Bonchev–Trinajstić information content (AvgIpc) is 3.26. The molecule has 1 atom stereocenters. The summed E-state index contributed by atoms with van der Waals surface area (Å²) in [5.74, 6) is 0.0929. The van der Waals surface area contributed by atoms with Gasteiger partial charge in [0.15, 0.2) is 0 Å². The number of amides is 3. The Bertz CT molecular complexity index is 1360. The standard InChI is InChI=1S/C26H32N6O5/c1-16(2)14-17-8-6-10-18-23(17)31-21(28-18)15-32-13-7-11-20(25(32)35)29-24(34)19(30-26(36)37)9-4-5-12-22(33)27-3/h5-8,10-13,16,19,30H,4,9,14-15H2,1-3H3,(H,27,33)(H,28,31)(H,29,34)(H,36,37)/b12-5+/t19-/m0/s1. The van der Waals surface area contributed by atoms with Crippen molar-refractivity contribution in [3.8, 4) is 0 Å². The van der Waals surface area contributed by atoms with Crippen LogP contribution in [-0.4, -0.2) is 50.6 Å². The Morgan fingerprint density at radius 2 is 1.97 bits per heavy atom. The van der Waals surface area contributed by atoms with E-state index in [1.807, 2.05) is 18.2 Å². The van der Waals surface area contributed by atoms with E-state index in [2.05, 4.69) is 34.8 Å². The van der Waals surface area contributed by atoms with Crippen LogP contribution < -0.4 is 21.5 Å². The number of rotatable bonds is 11. The van der Waals surface area contributed by atoms with Gasteiger partial charge in [-0.1, -0.05) is 32.1 Å². The van der Waals surface area contributed by atoms with Gasteiger partial charge in [-0.05, 0) is 55.0 Å². The third kappa shape index (κ3) is 7.53. The van der Waals surface area contributed by atoms with Gasteiger partial charge in [-0.3, -0.25) is 14.4 Å². The lowest BCUT2D eigenvalue weighted by Crippen LogP contribution is -2.44. The number of aromatic amines is 1. The minimum Gasteiger partial charge on any atom is -0.465 e. The zero-order valence-electron chi connectivity index (χ0n) is 21.1. The molecule has 37 heavy (non-hydrogen) atoms. The molecule has 2 heterocycles. The second-order valence-corrected chi connectivity index (χ2v) is 9.03. The fraction of sp³-hybridized carbons (Fsp3) is 0.346. The van der Waals surface area contributed by atoms with Gasteiger partial charge in [-0.25, -0.2) is 9.78 Å². The van der Waals surface area contributed by atoms with Crippen LogP contribution in [0.5, 0.6) is 0 Å². The Balaban J connectivity index is 1.75. The fourth-order valence-electron chi connectivity index (χ4n) is 3.91. The summed E-state index contributed by atoms with van der Waals surface area (Å²) in [5, 5.41) is 16.2. The zero-order valence-corrected chi connectivity index (χ0v) is 21.1. The number of hydrogen-bond donors (Lipinski definition) is 5. The molecule has 1 aromatic carbocycles. The first-order chi connectivity index (χ1) is 17.7. The minimum absolute atomic E-state index is 0.0159. The molecule has 11 heteroatoms. The number of H-pyrrole nitrogens is 1. The van der Waals surface area contributed by atoms with Crippen molar-refractivity contribution in [2.75, 3.05) is 12.4 Å². The quantitative estimate of drug-likeness (QED) is 0.251.